The van der Waals surface area contributed by atoms with Crippen LogP contribution in [0.25, 0.3) is 0 Å². The predicted octanol–water partition coefficient (Wildman–Crippen LogP) is 1.98. The zero-order valence-electron chi connectivity index (χ0n) is 10.4. The largest absolute Gasteiger partial charge is 0.309 e. The molecule has 0 spiro atoms. The summed E-state index contributed by atoms with van der Waals surface area (Å²) in [6.45, 7) is 11.0. The molecule has 1 aliphatic heterocycles. The van der Waals surface area contributed by atoms with Gasteiger partial charge < -0.3 is 5.32 Å². The van der Waals surface area contributed by atoms with E-state index in [-0.39, 0.29) is 0 Å². The number of piperazine rings is 1. The molecule has 0 aromatic carbocycles. The summed E-state index contributed by atoms with van der Waals surface area (Å²) in [6, 6.07) is 0. The zero-order valence-corrected chi connectivity index (χ0v) is 11.2. The maximum Gasteiger partial charge on any atom is 0.0309 e. The fraction of sp³-hybridized carbons (Fsp3) is 0.846. The first-order chi connectivity index (χ1) is 7.74. The van der Waals surface area contributed by atoms with Crippen LogP contribution in [0, 0.1) is 5.92 Å². The van der Waals surface area contributed by atoms with Crippen LogP contribution >= 0.6 is 11.8 Å². The van der Waals surface area contributed by atoms with Crippen molar-refractivity contribution in [2.75, 3.05) is 37.7 Å². The summed E-state index contributed by atoms with van der Waals surface area (Å²) < 4.78 is 0. The second kappa shape index (κ2) is 5.56. The van der Waals surface area contributed by atoms with E-state index >= 15 is 0 Å². The van der Waals surface area contributed by atoms with E-state index in [0.29, 0.717) is 5.54 Å². The van der Waals surface area contributed by atoms with E-state index in [1.165, 1.54) is 44.8 Å². The van der Waals surface area contributed by atoms with Crippen LogP contribution in [0.15, 0.2) is 12.7 Å². The van der Waals surface area contributed by atoms with Gasteiger partial charge in [0.2, 0.25) is 0 Å². The fourth-order valence-electron chi connectivity index (χ4n) is 2.64. The molecule has 1 aliphatic carbocycles. The van der Waals surface area contributed by atoms with E-state index in [9.17, 15) is 0 Å². The Bertz CT molecular complexity index is 240. The summed E-state index contributed by atoms with van der Waals surface area (Å²) in [5.41, 5.74) is 0.404. The molecular formula is C13H24N2S. The van der Waals surface area contributed by atoms with Gasteiger partial charge in [0.25, 0.3) is 0 Å². The van der Waals surface area contributed by atoms with E-state index in [1.54, 1.807) is 0 Å². The third-order valence-electron chi connectivity index (χ3n) is 3.77. The Labute approximate surface area is 104 Å². The molecule has 0 aromatic heterocycles. The van der Waals surface area contributed by atoms with Gasteiger partial charge in [0.1, 0.15) is 0 Å². The van der Waals surface area contributed by atoms with Crippen LogP contribution in [0.1, 0.15) is 19.8 Å². The standard InChI is InChI=1S/C13H24N2S/c1-3-9-16-10-8-15-7-6-14-13(2,11-15)12-4-5-12/h3,12,14H,1,4-11H2,2H3. The minimum Gasteiger partial charge on any atom is -0.309 e. The van der Waals surface area contributed by atoms with Crippen LogP contribution in [-0.2, 0) is 0 Å². The molecule has 16 heavy (non-hydrogen) atoms. The van der Waals surface area contributed by atoms with E-state index in [2.05, 4.69) is 23.7 Å². The minimum atomic E-state index is 0.404. The molecule has 0 amide bonds. The number of nitrogens with one attached hydrogen (secondary N) is 1. The smallest absolute Gasteiger partial charge is 0.0309 e. The molecule has 0 radical (unpaired) electrons. The van der Waals surface area contributed by atoms with Crippen molar-refractivity contribution in [2.24, 2.45) is 5.92 Å². The lowest BCUT2D eigenvalue weighted by Gasteiger charge is -2.42. The highest BCUT2D eigenvalue weighted by Crippen LogP contribution is 2.40. The van der Waals surface area contributed by atoms with Crippen molar-refractivity contribution < 1.29 is 0 Å². The molecule has 1 N–H and O–H groups in total. The molecule has 1 saturated carbocycles. The first-order valence-electron chi connectivity index (χ1n) is 6.40. The van der Waals surface area contributed by atoms with Crippen LogP contribution in [0.4, 0.5) is 0 Å². The highest BCUT2D eigenvalue weighted by Gasteiger charge is 2.43. The number of hydrogen-bond donors (Lipinski definition) is 1. The highest BCUT2D eigenvalue weighted by atomic mass is 32.2. The third-order valence-corrected chi connectivity index (χ3v) is 4.72. The average molecular weight is 240 g/mol. The van der Waals surface area contributed by atoms with Gasteiger partial charge in [-0.15, -0.1) is 6.58 Å². The normalized spacial score (nSPS) is 31.6. The van der Waals surface area contributed by atoms with E-state index in [4.69, 9.17) is 0 Å². The third kappa shape index (κ3) is 3.25. The second-order valence-corrected chi connectivity index (χ2v) is 6.41. The van der Waals surface area contributed by atoms with Gasteiger partial charge in [0, 0.05) is 43.2 Å². The average Bonchev–Trinajstić information content (AvgIpc) is 3.09. The van der Waals surface area contributed by atoms with Crippen molar-refractivity contribution in [1.29, 1.82) is 0 Å². The van der Waals surface area contributed by atoms with Crippen molar-refractivity contribution in [3.63, 3.8) is 0 Å². The summed E-state index contributed by atoms with van der Waals surface area (Å²) in [5, 5.41) is 3.72. The molecule has 1 atom stereocenters. The predicted molar refractivity (Wildman–Crippen MR) is 73.1 cm³/mol. The Balaban J connectivity index is 1.71. The second-order valence-electron chi connectivity index (χ2n) is 5.26. The molecule has 1 saturated heterocycles. The number of nitrogens with zero attached hydrogens (tertiary/aromatic N) is 1. The molecule has 1 unspecified atom stereocenters. The maximum absolute atomic E-state index is 3.76. The highest BCUT2D eigenvalue weighted by molar-refractivity contribution is 7.99. The molecule has 2 fully saturated rings. The number of thioether (sulfide) groups is 1. The Hall–Kier alpha value is 0.01000. The first-order valence-corrected chi connectivity index (χ1v) is 7.56. The molecule has 0 bridgehead atoms. The number of rotatable bonds is 6. The van der Waals surface area contributed by atoms with Crippen molar-refractivity contribution in [1.82, 2.24) is 10.2 Å². The van der Waals surface area contributed by atoms with E-state index in [0.717, 1.165) is 11.7 Å². The van der Waals surface area contributed by atoms with Gasteiger partial charge in [0.05, 0.1) is 0 Å². The summed E-state index contributed by atoms with van der Waals surface area (Å²) in [4.78, 5) is 2.63. The molecule has 92 valence electrons. The Morgan fingerprint density at radius 1 is 1.56 bits per heavy atom. The monoisotopic (exact) mass is 240 g/mol. The SMILES string of the molecule is C=CCSCCN1CCNC(C)(C2CC2)C1. The maximum atomic E-state index is 3.76. The van der Waals surface area contributed by atoms with Gasteiger partial charge >= 0.3 is 0 Å². The minimum absolute atomic E-state index is 0.404. The molecule has 2 nitrogen and oxygen atoms in total. The zero-order chi connectivity index (χ0) is 11.4. The lowest BCUT2D eigenvalue weighted by atomic mass is 9.93. The molecule has 2 rings (SSSR count). The fourth-order valence-corrected chi connectivity index (χ4v) is 3.36. The van der Waals surface area contributed by atoms with Gasteiger partial charge in [-0.3, -0.25) is 4.90 Å². The van der Waals surface area contributed by atoms with Gasteiger partial charge in [-0.25, -0.2) is 0 Å². The van der Waals surface area contributed by atoms with Crippen molar-refractivity contribution in [2.45, 2.75) is 25.3 Å². The molecule has 2 aliphatic rings. The lowest BCUT2D eigenvalue weighted by molar-refractivity contribution is 0.133. The van der Waals surface area contributed by atoms with Gasteiger partial charge in [-0.05, 0) is 25.7 Å². The van der Waals surface area contributed by atoms with Crippen LogP contribution in [0.2, 0.25) is 0 Å². The molecular weight excluding hydrogens is 216 g/mol. The van der Waals surface area contributed by atoms with Gasteiger partial charge in [-0.1, -0.05) is 6.08 Å². The Kier molecular flexibility index (Phi) is 4.34. The first kappa shape index (κ1) is 12.5. The van der Waals surface area contributed by atoms with Gasteiger partial charge in [-0.2, -0.15) is 11.8 Å². The Morgan fingerprint density at radius 3 is 3.06 bits per heavy atom. The lowest BCUT2D eigenvalue weighted by Crippen LogP contribution is -2.60. The molecule has 0 aromatic rings. The Morgan fingerprint density at radius 2 is 2.38 bits per heavy atom. The summed E-state index contributed by atoms with van der Waals surface area (Å²) >= 11 is 1.99. The summed E-state index contributed by atoms with van der Waals surface area (Å²) in [5.74, 6) is 3.27. The number of hydrogen-bond acceptors (Lipinski definition) is 3. The molecule has 3 heteroatoms. The van der Waals surface area contributed by atoms with Crippen LogP contribution in [-0.4, -0.2) is 48.1 Å². The summed E-state index contributed by atoms with van der Waals surface area (Å²) in [7, 11) is 0. The summed E-state index contributed by atoms with van der Waals surface area (Å²) in [6.07, 6.45) is 4.86. The van der Waals surface area contributed by atoms with E-state index in [1.807, 2.05) is 17.8 Å². The van der Waals surface area contributed by atoms with Crippen LogP contribution < -0.4 is 5.32 Å². The van der Waals surface area contributed by atoms with Crippen molar-refractivity contribution in [3.8, 4) is 0 Å². The molecule has 1 heterocycles. The van der Waals surface area contributed by atoms with Crippen molar-refractivity contribution >= 4 is 11.8 Å². The van der Waals surface area contributed by atoms with E-state index < -0.39 is 0 Å². The topological polar surface area (TPSA) is 15.3 Å². The quantitative estimate of drug-likeness (QED) is 0.564. The van der Waals surface area contributed by atoms with Crippen molar-refractivity contribution in [3.05, 3.63) is 12.7 Å². The van der Waals surface area contributed by atoms with Crippen LogP contribution in [0.5, 0.6) is 0 Å². The van der Waals surface area contributed by atoms with Gasteiger partial charge in [0.15, 0.2) is 0 Å². The van der Waals surface area contributed by atoms with Crippen LogP contribution in [0.3, 0.4) is 0 Å².